The van der Waals surface area contributed by atoms with Gasteiger partial charge in [-0.15, -0.1) is 0 Å². The van der Waals surface area contributed by atoms with E-state index in [1.807, 2.05) is 21.6 Å². The van der Waals surface area contributed by atoms with Gasteiger partial charge in [-0.2, -0.15) is 13.2 Å². The molecule has 0 bridgehead atoms. The summed E-state index contributed by atoms with van der Waals surface area (Å²) in [5.41, 5.74) is 2.00. The third-order valence-corrected chi connectivity index (χ3v) is 3.85. The highest BCUT2D eigenvalue weighted by molar-refractivity contribution is 6.01. The van der Waals surface area contributed by atoms with E-state index >= 15 is 0 Å². The molecule has 3 heterocycles. The molecule has 0 saturated carbocycles. The van der Waals surface area contributed by atoms with Crippen LogP contribution in [0.2, 0.25) is 0 Å². The number of halogens is 3. The highest BCUT2D eigenvalue weighted by Gasteiger charge is 2.32. The lowest BCUT2D eigenvalue weighted by atomic mass is 10.1. The van der Waals surface area contributed by atoms with Crippen LogP contribution in [0.3, 0.4) is 0 Å². The molecule has 1 aromatic heterocycles. The fourth-order valence-electron chi connectivity index (χ4n) is 2.60. The van der Waals surface area contributed by atoms with E-state index in [9.17, 15) is 18.0 Å². The van der Waals surface area contributed by atoms with Crippen molar-refractivity contribution < 1.29 is 18.0 Å². The Bertz CT molecular complexity index is 860. The van der Waals surface area contributed by atoms with Gasteiger partial charge >= 0.3 is 6.18 Å². The fourth-order valence-corrected chi connectivity index (χ4v) is 2.60. The van der Waals surface area contributed by atoms with E-state index in [-0.39, 0.29) is 12.5 Å². The topological polar surface area (TPSA) is 51.9 Å². The molecule has 118 valence electrons. The van der Waals surface area contributed by atoms with Crippen molar-refractivity contribution in [2.45, 2.75) is 19.4 Å². The van der Waals surface area contributed by atoms with E-state index in [0.717, 1.165) is 30.2 Å². The summed E-state index contributed by atoms with van der Waals surface area (Å²) in [6.07, 6.45) is -1.43. The summed E-state index contributed by atoms with van der Waals surface area (Å²) in [6, 6.07) is 5.85. The van der Waals surface area contributed by atoms with Crippen molar-refractivity contribution >= 4 is 5.91 Å². The molecule has 1 aromatic rings. The van der Waals surface area contributed by atoms with Crippen molar-refractivity contribution in [3.05, 3.63) is 53.5 Å². The monoisotopic (exact) mass is 320 g/mol. The number of nitrogens with zero attached hydrogens (tertiary/aromatic N) is 3. The average molecular weight is 320 g/mol. The fraction of sp³-hybridized carbons (Fsp3) is 0.200. The normalized spacial score (nSPS) is 13.2. The number of carbonyl (C=O) groups is 1. The molecule has 8 heteroatoms. The second-order valence-electron chi connectivity index (χ2n) is 5.39. The van der Waals surface area contributed by atoms with Gasteiger partial charge in [0, 0.05) is 24.5 Å². The van der Waals surface area contributed by atoms with Gasteiger partial charge in [0.2, 0.25) is 0 Å². The number of alkyl halides is 3. The van der Waals surface area contributed by atoms with Crippen molar-refractivity contribution in [1.82, 2.24) is 19.7 Å². The maximum atomic E-state index is 12.4. The number of hydrogen-bond acceptors (Lipinski definition) is 2. The highest BCUT2D eigenvalue weighted by atomic mass is 19.4. The largest absolute Gasteiger partial charge is 0.433 e. The molecular weight excluding hydrogens is 309 g/mol. The minimum Gasteiger partial charge on any atom is -0.348 e. The second kappa shape index (κ2) is 4.61. The minimum absolute atomic E-state index is 0.122. The first-order valence-corrected chi connectivity index (χ1v) is 6.92. The highest BCUT2D eigenvalue weighted by Crippen LogP contribution is 2.34. The van der Waals surface area contributed by atoms with E-state index < -0.39 is 11.9 Å². The van der Waals surface area contributed by atoms with Crippen LogP contribution in [0.5, 0.6) is 0 Å². The smallest absolute Gasteiger partial charge is 0.348 e. The van der Waals surface area contributed by atoms with Gasteiger partial charge in [0.05, 0.1) is 11.3 Å². The number of pyridine rings is 1. The average Bonchev–Trinajstić information content (AvgIpc) is 2.99. The standard InChI is InChI=1S/C15H11F3N4O/c16-15(17,18)13-4-1-9(5-19-13)6-20-14(23)10-2-3-12-11(10)7-21-8-22(12)21/h1-5,7H,6,8H2,(H,20,23). The molecular formula is C15H11F3N4O. The minimum atomic E-state index is -4.46. The first kappa shape index (κ1) is 13.9. The van der Waals surface area contributed by atoms with Crippen LogP contribution in [0.4, 0.5) is 13.2 Å². The van der Waals surface area contributed by atoms with Crippen molar-refractivity contribution in [1.29, 1.82) is 0 Å². The predicted molar refractivity (Wildman–Crippen MR) is 74.9 cm³/mol. The molecule has 1 aliphatic carbocycles. The van der Waals surface area contributed by atoms with Crippen LogP contribution >= 0.6 is 0 Å². The molecule has 0 radical (unpaired) electrons. The molecule has 0 saturated heterocycles. The number of fused-ring (bicyclic) bond motifs is 3. The van der Waals surface area contributed by atoms with Gasteiger partial charge in [-0.3, -0.25) is 19.1 Å². The van der Waals surface area contributed by atoms with E-state index in [1.54, 1.807) is 6.07 Å². The van der Waals surface area contributed by atoms with Gasteiger partial charge in [0.15, 0.2) is 0 Å². The van der Waals surface area contributed by atoms with E-state index in [1.165, 1.54) is 6.07 Å². The van der Waals surface area contributed by atoms with Crippen molar-refractivity contribution in [2.75, 3.05) is 0 Å². The number of amides is 1. The Hall–Kier alpha value is -2.77. The lowest BCUT2D eigenvalue weighted by molar-refractivity contribution is -0.141. The summed E-state index contributed by atoms with van der Waals surface area (Å²) in [7, 11) is 0. The quantitative estimate of drug-likeness (QED) is 0.631. The van der Waals surface area contributed by atoms with Crippen LogP contribution in [0.1, 0.15) is 21.6 Å². The van der Waals surface area contributed by atoms with Gasteiger partial charge in [-0.1, -0.05) is 6.07 Å². The number of nitrogens with one attached hydrogen (secondary N) is 1. The lowest BCUT2D eigenvalue weighted by Crippen LogP contribution is -2.23. The molecule has 0 fully saturated rings. The number of hydrogen-bond donors (Lipinski definition) is 1. The Labute approximate surface area is 128 Å². The second-order valence-corrected chi connectivity index (χ2v) is 5.39. The van der Waals surface area contributed by atoms with Gasteiger partial charge in [-0.05, 0) is 23.8 Å². The summed E-state index contributed by atoms with van der Waals surface area (Å²) >= 11 is 0. The van der Waals surface area contributed by atoms with Crippen LogP contribution in [0, 0.1) is 0 Å². The van der Waals surface area contributed by atoms with Gasteiger partial charge in [0.25, 0.3) is 5.91 Å². The molecule has 1 N–H and O–H groups in total. The van der Waals surface area contributed by atoms with E-state index in [2.05, 4.69) is 10.3 Å². The number of rotatable bonds is 3. The molecule has 1 amide bonds. The zero-order valence-electron chi connectivity index (χ0n) is 11.8. The van der Waals surface area contributed by atoms with Crippen molar-refractivity contribution in [3.8, 4) is 11.3 Å². The van der Waals surface area contributed by atoms with Gasteiger partial charge < -0.3 is 5.32 Å². The van der Waals surface area contributed by atoms with Crippen LogP contribution < -0.4 is 5.32 Å². The van der Waals surface area contributed by atoms with Gasteiger partial charge in [-0.25, -0.2) is 0 Å². The summed E-state index contributed by atoms with van der Waals surface area (Å²) < 4.78 is 41.3. The number of aromatic nitrogens is 3. The Morgan fingerprint density at radius 3 is 2.78 bits per heavy atom. The molecule has 2 aliphatic heterocycles. The summed E-state index contributed by atoms with van der Waals surface area (Å²) in [5.74, 6) is -0.258. The first-order valence-electron chi connectivity index (χ1n) is 6.92. The summed E-state index contributed by atoms with van der Waals surface area (Å²) in [6.45, 7) is 0.965. The van der Waals surface area contributed by atoms with Crippen molar-refractivity contribution in [2.24, 2.45) is 0 Å². The molecule has 4 rings (SSSR count). The van der Waals surface area contributed by atoms with Gasteiger partial charge in [0.1, 0.15) is 12.4 Å². The maximum Gasteiger partial charge on any atom is 0.433 e. The maximum absolute atomic E-state index is 12.4. The van der Waals surface area contributed by atoms with E-state index in [4.69, 9.17) is 0 Å². The Morgan fingerprint density at radius 2 is 2.09 bits per heavy atom. The van der Waals surface area contributed by atoms with Crippen LogP contribution in [0.25, 0.3) is 11.3 Å². The zero-order chi connectivity index (χ0) is 16.2. The SMILES string of the molecule is O=C(NCc1ccc(C(F)(F)F)nc1)c1ccc2n3n(cc1-2)C3. The Kier molecular flexibility index (Phi) is 2.78. The molecule has 23 heavy (non-hydrogen) atoms. The molecule has 0 unspecified atom stereocenters. The molecule has 0 aromatic carbocycles. The summed E-state index contributed by atoms with van der Waals surface area (Å²) in [5, 5.41) is 2.70. The molecule has 0 spiro atoms. The molecule has 0 atom stereocenters. The van der Waals surface area contributed by atoms with Crippen molar-refractivity contribution in [3.63, 3.8) is 0 Å². The molecule has 5 nitrogen and oxygen atoms in total. The predicted octanol–water partition coefficient (Wildman–Crippen LogP) is 2.56. The lowest BCUT2D eigenvalue weighted by Gasteiger charge is -2.08. The Balaban J connectivity index is 1.44. The van der Waals surface area contributed by atoms with E-state index in [0.29, 0.717) is 11.1 Å². The zero-order valence-corrected chi connectivity index (χ0v) is 11.8. The number of carbonyl (C=O) groups excluding carboxylic acids is 1. The third kappa shape index (κ3) is 2.36. The first-order chi connectivity index (χ1) is 10.9. The molecule has 3 aliphatic rings. The van der Waals surface area contributed by atoms with Crippen LogP contribution in [-0.2, 0) is 19.4 Å². The van der Waals surface area contributed by atoms with Crippen LogP contribution in [0.15, 0.2) is 36.7 Å². The Morgan fingerprint density at radius 1 is 1.26 bits per heavy atom. The van der Waals surface area contributed by atoms with Crippen LogP contribution in [-0.4, -0.2) is 20.3 Å². The summed E-state index contributed by atoms with van der Waals surface area (Å²) in [4.78, 5) is 15.6. The third-order valence-electron chi connectivity index (χ3n) is 3.85.